The highest BCUT2D eigenvalue weighted by atomic mass is 35.5. The topological polar surface area (TPSA) is 75.4 Å². The van der Waals surface area contributed by atoms with Crippen molar-refractivity contribution in [3.05, 3.63) is 0 Å². The van der Waals surface area contributed by atoms with E-state index in [1.54, 1.807) is 0 Å². The Bertz CT molecular complexity index is 298. The fourth-order valence-corrected chi connectivity index (χ4v) is 2.19. The Hall–Kier alpha value is -0.810. The van der Waals surface area contributed by atoms with Crippen molar-refractivity contribution >= 4 is 24.2 Å². The summed E-state index contributed by atoms with van der Waals surface area (Å²) in [5.74, 6) is 0.149. The quantitative estimate of drug-likeness (QED) is 0.795. The molecular formula is C13H26ClN3O2. The number of hydrogen-bond acceptors (Lipinski definition) is 3. The number of hydrogen-bond donors (Lipinski definition) is 2. The number of amides is 2. The third-order valence-electron chi connectivity index (χ3n) is 3.05. The van der Waals surface area contributed by atoms with E-state index in [-0.39, 0.29) is 36.3 Å². The largest absolute Gasteiger partial charge is 0.354 e. The van der Waals surface area contributed by atoms with Crippen LogP contribution in [0.4, 0.5) is 0 Å². The molecule has 1 aliphatic heterocycles. The van der Waals surface area contributed by atoms with Gasteiger partial charge in [-0.15, -0.1) is 12.4 Å². The Kier molecular flexibility index (Phi) is 8.76. The van der Waals surface area contributed by atoms with Crippen LogP contribution >= 0.6 is 12.4 Å². The molecule has 2 amide bonds. The Morgan fingerprint density at radius 3 is 2.63 bits per heavy atom. The van der Waals surface area contributed by atoms with E-state index in [9.17, 15) is 9.59 Å². The monoisotopic (exact) mass is 291 g/mol. The van der Waals surface area contributed by atoms with Gasteiger partial charge in [-0.3, -0.25) is 9.59 Å². The van der Waals surface area contributed by atoms with E-state index in [0.717, 1.165) is 19.4 Å². The van der Waals surface area contributed by atoms with Crippen molar-refractivity contribution in [2.75, 3.05) is 13.1 Å². The van der Waals surface area contributed by atoms with Gasteiger partial charge in [0.25, 0.3) is 0 Å². The zero-order valence-corrected chi connectivity index (χ0v) is 12.7. The molecule has 0 radical (unpaired) electrons. The van der Waals surface area contributed by atoms with Crippen LogP contribution < -0.4 is 11.1 Å². The number of piperidine rings is 1. The van der Waals surface area contributed by atoms with E-state index < -0.39 is 0 Å². The predicted molar refractivity (Wildman–Crippen MR) is 78.2 cm³/mol. The van der Waals surface area contributed by atoms with Crippen molar-refractivity contribution in [3.8, 4) is 0 Å². The molecule has 19 heavy (non-hydrogen) atoms. The molecule has 0 spiro atoms. The van der Waals surface area contributed by atoms with Crippen LogP contribution in [0.15, 0.2) is 0 Å². The molecule has 0 aromatic rings. The minimum absolute atomic E-state index is 0. The van der Waals surface area contributed by atoms with E-state index in [4.69, 9.17) is 5.73 Å². The lowest BCUT2D eigenvalue weighted by molar-refractivity contribution is -0.132. The molecule has 3 N–H and O–H groups in total. The Morgan fingerprint density at radius 2 is 2.05 bits per heavy atom. The van der Waals surface area contributed by atoms with Gasteiger partial charge in [0, 0.05) is 38.0 Å². The van der Waals surface area contributed by atoms with Crippen molar-refractivity contribution < 1.29 is 9.59 Å². The minimum Gasteiger partial charge on any atom is -0.354 e. The number of carbonyl (C=O) groups is 2. The number of rotatable bonds is 5. The second-order valence-electron chi connectivity index (χ2n) is 5.32. The van der Waals surface area contributed by atoms with Gasteiger partial charge in [-0.1, -0.05) is 0 Å². The van der Waals surface area contributed by atoms with Crippen LogP contribution in [0.3, 0.4) is 0 Å². The molecule has 1 rings (SSSR count). The first kappa shape index (κ1) is 18.2. The number of nitrogens with zero attached hydrogens (tertiary/aromatic N) is 1. The molecule has 0 aliphatic carbocycles. The maximum Gasteiger partial charge on any atom is 0.222 e. The molecular weight excluding hydrogens is 266 g/mol. The molecule has 6 heteroatoms. The van der Waals surface area contributed by atoms with Gasteiger partial charge < -0.3 is 16.0 Å². The first-order valence-corrected chi connectivity index (χ1v) is 6.81. The SMILES string of the molecule is CC(C)NC(=O)CCCC(=O)N1CCCC(N)C1.Cl. The number of halogens is 1. The second kappa shape index (κ2) is 9.15. The van der Waals surface area contributed by atoms with Crippen LogP contribution in [-0.4, -0.2) is 41.9 Å². The second-order valence-corrected chi connectivity index (χ2v) is 5.32. The van der Waals surface area contributed by atoms with Gasteiger partial charge in [0.15, 0.2) is 0 Å². The van der Waals surface area contributed by atoms with Crippen molar-refractivity contribution in [1.82, 2.24) is 10.2 Å². The van der Waals surface area contributed by atoms with Gasteiger partial charge in [0.05, 0.1) is 0 Å². The average molecular weight is 292 g/mol. The number of likely N-dealkylation sites (tertiary alicyclic amines) is 1. The molecule has 1 aliphatic rings. The lowest BCUT2D eigenvalue weighted by Crippen LogP contribution is -2.45. The molecule has 0 aromatic carbocycles. The summed E-state index contributed by atoms with van der Waals surface area (Å²) >= 11 is 0. The molecule has 0 saturated carbocycles. The molecule has 1 heterocycles. The minimum atomic E-state index is 0. The summed E-state index contributed by atoms with van der Waals surface area (Å²) in [4.78, 5) is 25.1. The summed E-state index contributed by atoms with van der Waals surface area (Å²) in [5, 5.41) is 2.82. The van der Waals surface area contributed by atoms with Crippen molar-refractivity contribution in [2.24, 2.45) is 5.73 Å². The van der Waals surface area contributed by atoms with E-state index in [1.165, 1.54) is 0 Å². The summed E-state index contributed by atoms with van der Waals surface area (Å²) in [6.45, 7) is 5.33. The van der Waals surface area contributed by atoms with E-state index >= 15 is 0 Å². The van der Waals surface area contributed by atoms with Gasteiger partial charge in [-0.2, -0.15) is 0 Å². The van der Waals surface area contributed by atoms with Crippen molar-refractivity contribution in [3.63, 3.8) is 0 Å². The third kappa shape index (κ3) is 7.38. The summed E-state index contributed by atoms with van der Waals surface area (Å²) in [6, 6.07) is 0.278. The maximum atomic E-state index is 11.9. The lowest BCUT2D eigenvalue weighted by atomic mass is 10.1. The van der Waals surface area contributed by atoms with Crippen LogP contribution in [0, 0.1) is 0 Å². The van der Waals surface area contributed by atoms with Crippen LogP contribution in [0.2, 0.25) is 0 Å². The van der Waals surface area contributed by atoms with E-state index in [2.05, 4.69) is 5.32 Å². The van der Waals surface area contributed by atoms with Gasteiger partial charge in [-0.05, 0) is 33.1 Å². The summed E-state index contributed by atoms with van der Waals surface area (Å²) in [6.07, 6.45) is 3.46. The van der Waals surface area contributed by atoms with Gasteiger partial charge in [0.1, 0.15) is 0 Å². The fraction of sp³-hybridized carbons (Fsp3) is 0.846. The Morgan fingerprint density at radius 1 is 1.37 bits per heavy atom. The zero-order chi connectivity index (χ0) is 13.5. The Balaban J connectivity index is 0.00000324. The highest BCUT2D eigenvalue weighted by Gasteiger charge is 2.20. The number of nitrogens with one attached hydrogen (secondary N) is 1. The summed E-state index contributed by atoms with van der Waals surface area (Å²) < 4.78 is 0. The van der Waals surface area contributed by atoms with Crippen LogP contribution in [0.5, 0.6) is 0 Å². The van der Waals surface area contributed by atoms with Gasteiger partial charge in [0.2, 0.25) is 11.8 Å². The highest BCUT2D eigenvalue weighted by molar-refractivity contribution is 5.85. The van der Waals surface area contributed by atoms with Gasteiger partial charge >= 0.3 is 0 Å². The van der Waals surface area contributed by atoms with Crippen LogP contribution in [0.1, 0.15) is 46.0 Å². The maximum absolute atomic E-state index is 11.9. The molecule has 1 fully saturated rings. The van der Waals surface area contributed by atoms with Crippen LogP contribution in [0.25, 0.3) is 0 Å². The van der Waals surface area contributed by atoms with Crippen molar-refractivity contribution in [1.29, 1.82) is 0 Å². The van der Waals surface area contributed by atoms with Gasteiger partial charge in [-0.25, -0.2) is 0 Å². The predicted octanol–water partition coefficient (Wildman–Crippen LogP) is 1.05. The van der Waals surface area contributed by atoms with Crippen molar-refractivity contribution in [2.45, 2.75) is 58.0 Å². The average Bonchev–Trinajstić information content (AvgIpc) is 2.27. The highest BCUT2D eigenvalue weighted by Crippen LogP contribution is 2.10. The molecule has 1 unspecified atom stereocenters. The smallest absolute Gasteiger partial charge is 0.222 e. The number of nitrogens with two attached hydrogens (primary N) is 1. The molecule has 0 aromatic heterocycles. The van der Waals surface area contributed by atoms with Crippen LogP contribution in [-0.2, 0) is 9.59 Å². The standard InChI is InChI=1S/C13H25N3O2.ClH/c1-10(2)15-12(17)6-3-7-13(18)16-8-4-5-11(14)9-16;/h10-11H,3-9,14H2,1-2H3,(H,15,17);1H. The molecule has 5 nitrogen and oxygen atoms in total. The Labute approximate surface area is 121 Å². The summed E-state index contributed by atoms with van der Waals surface area (Å²) in [5.41, 5.74) is 5.84. The van der Waals surface area contributed by atoms with E-state index in [1.807, 2.05) is 18.7 Å². The first-order valence-electron chi connectivity index (χ1n) is 6.81. The molecule has 112 valence electrons. The molecule has 0 bridgehead atoms. The lowest BCUT2D eigenvalue weighted by Gasteiger charge is -2.30. The molecule has 1 saturated heterocycles. The molecule has 1 atom stereocenters. The summed E-state index contributed by atoms with van der Waals surface area (Å²) in [7, 11) is 0. The number of carbonyl (C=O) groups excluding carboxylic acids is 2. The third-order valence-corrected chi connectivity index (χ3v) is 3.05. The van der Waals surface area contributed by atoms with E-state index in [0.29, 0.717) is 25.8 Å². The first-order chi connectivity index (χ1) is 8.49. The fourth-order valence-electron chi connectivity index (χ4n) is 2.19. The normalized spacial score (nSPS) is 18.9. The zero-order valence-electron chi connectivity index (χ0n) is 11.9.